The molecule has 42 heavy (non-hydrogen) atoms. The molecule has 4 atom stereocenters. The molecular formula is C30H47NO11. The average Bonchev–Trinajstić information content (AvgIpc) is 2.87. The number of unbranched alkanes of at least 4 members (excludes halogenated alkanes) is 2. The molecule has 0 aromatic heterocycles. The van der Waals surface area contributed by atoms with E-state index < -0.39 is 48.3 Å². The Bertz CT molecular complexity index is 1040. The molecule has 0 aliphatic carbocycles. The van der Waals surface area contributed by atoms with Gasteiger partial charge in [-0.05, 0) is 56.7 Å². The van der Waals surface area contributed by atoms with E-state index in [1.165, 1.54) is 25.1 Å². The molecule has 0 amide bonds. The Kier molecular flexibility index (Phi) is 15.1. The fourth-order valence-electron chi connectivity index (χ4n) is 3.49. The first-order valence-electron chi connectivity index (χ1n) is 14.3. The zero-order valence-corrected chi connectivity index (χ0v) is 26.0. The number of benzene rings is 1. The highest BCUT2D eigenvalue weighted by atomic mass is 16.8. The first kappa shape index (κ1) is 36.5. The summed E-state index contributed by atoms with van der Waals surface area (Å²) in [5.41, 5.74) is 4.74. The summed E-state index contributed by atoms with van der Waals surface area (Å²) >= 11 is 0. The monoisotopic (exact) mass is 597 g/mol. The largest absolute Gasteiger partial charge is 0.514 e. The van der Waals surface area contributed by atoms with Gasteiger partial charge in [-0.25, -0.2) is 14.4 Å². The van der Waals surface area contributed by atoms with Crippen LogP contribution in [0.2, 0.25) is 0 Å². The predicted octanol–water partition coefficient (Wildman–Crippen LogP) is 6.25. The average molecular weight is 598 g/mol. The molecule has 0 heterocycles. The van der Waals surface area contributed by atoms with Crippen LogP contribution < -0.4 is 15.2 Å². The normalized spacial score (nSPS) is 14.7. The van der Waals surface area contributed by atoms with Gasteiger partial charge in [0.05, 0.1) is 6.61 Å². The number of carboxylic acids is 1. The molecule has 0 spiro atoms. The van der Waals surface area contributed by atoms with Crippen LogP contribution in [0, 0.1) is 11.8 Å². The Labute approximate surface area is 248 Å². The van der Waals surface area contributed by atoms with Crippen LogP contribution in [0.15, 0.2) is 18.2 Å². The molecule has 3 unspecified atom stereocenters. The number of carbonyl (C=O) groups excluding carboxylic acids is 3. The molecule has 0 fully saturated rings. The Morgan fingerprint density at radius 3 is 1.86 bits per heavy atom. The van der Waals surface area contributed by atoms with Gasteiger partial charge >= 0.3 is 24.4 Å². The van der Waals surface area contributed by atoms with Gasteiger partial charge < -0.3 is 39.3 Å². The van der Waals surface area contributed by atoms with Crippen LogP contribution in [0.3, 0.4) is 0 Å². The SMILES string of the molecule is CCCCCOC(=O)O[C@@H](C)CC(N)(Cc1ccc(OC(=O)OC(C)C(C)C)c(OC(=O)OC(C)C(C)C)c1)C(=O)O. The molecule has 0 aliphatic heterocycles. The zero-order valence-electron chi connectivity index (χ0n) is 26.0. The van der Waals surface area contributed by atoms with Crippen molar-refractivity contribution in [1.82, 2.24) is 0 Å². The van der Waals surface area contributed by atoms with E-state index in [-0.39, 0.29) is 42.8 Å². The highest BCUT2D eigenvalue weighted by Gasteiger charge is 2.37. The second-order valence-electron chi connectivity index (χ2n) is 11.2. The molecule has 238 valence electrons. The second-order valence-corrected chi connectivity index (χ2v) is 11.2. The highest BCUT2D eigenvalue weighted by molar-refractivity contribution is 5.79. The number of carbonyl (C=O) groups is 4. The number of hydrogen-bond acceptors (Lipinski definition) is 11. The first-order chi connectivity index (χ1) is 19.6. The van der Waals surface area contributed by atoms with Gasteiger partial charge in [-0.3, -0.25) is 4.79 Å². The van der Waals surface area contributed by atoms with Crippen molar-refractivity contribution in [3.8, 4) is 11.5 Å². The van der Waals surface area contributed by atoms with Crippen LogP contribution in [0.4, 0.5) is 14.4 Å². The van der Waals surface area contributed by atoms with Gasteiger partial charge in [0.15, 0.2) is 11.5 Å². The molecule has 3 N–H and O–H groups in total. The lowest BCUT2D eigenvalue weighted by atomic mass is 9.86. The van der Waals surface area contributed by atoms with Crippen LogP contribution in [0.5, 0.6) is 11.5 Å². The maximum Gasteiger partial charge on any atom is 0.514 e. The third-order valence-corrected chi connectivity index (χ3v) is 6.70. The number of rotatable bonds is 16. The molecule has 12 nitrogen and oxygen atoms in total. The molecule has 0 saturated carbocycles. The van der Waals surface area contributed by atoms with Crippen molar-refractivity contribution in [2.45, 2.75) is 111 Å². The van der Waals surface area contributed by atoms with Crippen LogP contribution >= 0.6 is 0 Å². The minimum atomic E-state index is -1.88. The van der Waals surface area contributed by atoms with Crippen LogP contribution in [-0.2, 0) is 30.2 Å². The van der Waals surface area contributed by atoms with Crippen molar-refractivity contribution in [1.29, 1.82) is 0 Å². The summed E-state index contributed by atoms with van der Waals surface area (Å²) in [5.74, 6) is -1.64. The summed E-state index contributed by atoms with van der Waals surface area (Å²) in [6.07, 6.45) is -2.68. The number of hydrogen-bond donors (Lipinski definition) is 2. The summed E-state index contributed by atoms with van der Waals surface area (Å²) in [6, 6.07) is 4.14. The molecule has 12 heteroatoms. The van der Waals surface area contributed by atoms with Crippen LogP contribution in [-0.4, -0.2) is 60.0 Å². The van der Waals surface area contributed by atoms with E-state index in [0.717, 1.165) is 12.8 Å². The lowest BCUT2D eigenvalue weighted by molar-refractivity contribution is -0.144. The summed E-state index contributed by atoms with van der Waals surface area (Å²) in [4.78, 5) is 49.1. The van der Waals surface area contributed by atoms with Gasteiger partial charge in [0.1, 0.15) is 23.9 Å². The summed E-state index contributed by atoms with van der Waals surface area (Å²) in [6.45, 7) is 14.6. The molecule has 1 aromatic rings. The van der Waals surface area contributed by atoms with Gasteiger partial charge in [0, 0.05) is 12.8 Å². The fourth-order valence-corrected chi connectivity index (χ4v) is 3.49. The van der Waals surface area contributed by atoms with Crippen molar-refractivity contribution < 1.29 is 52.7 Å². The van der Waals surface area contributed by atoms with Crippen molar-refractivity contribution in [2.75, 3.05) is 6.61 Å². The van der Waals surface area contributed by atoms with E-state index in [0.29, 0.717) is 12.0 Å². The minimum Gasteiger partial charge on any atom is -0.480 e. The van der Waals surface area contributed by atoms with Crippen molar-refractivity contribution in [3.05, 3.63) is 23.8 Å². The van der Waals surface area contributed by atoms with E-state index in [9.17, 15) is 24.3 Å². The summed E-state index contributed by atoms with van der Waals surface area (Å²) < 4.78 is 31.4. The number of carboxylic acid groups (broad SMARTS) is 1. The molecule has 0 aliphatic rings. The van der Waals surface area contributed by atoms with Crippen molar-refractivity contribution >= 4 is 24.4 Å². The molecule has 0 saturated heterocycles. The molecule has 1 rings (SSSR count). The maximum atomic E-state index is 12.5. The van der Waals surface area contributed by atoms with Gasteiger partial charge in [0.2, 0.25) is 0 Å². The van der Waals surface area contributed by atoms with Crippen LogP contribution in [0.25, 0.3) is 0 Å². The Morgan fingerprint density at radius 2 is 1.36 bits per heavy atom. The predicted molar refractivity (Wildman–Crippen MR) is 154 cm³/mol. The lowest BCUT2D eigenvalue weighted by Gasteiger charge is -2.28. The summed E-state index contributed by atoms with van der Waals surface area (Å²) in [5, 5.41) is 9.96. The van der Waals surface area contributed by atoms with E-state index in [1.54, 1.807) is 13.8 Å². The van der Waals surface area contributed by atoms with Gasteiger partial charge in [-0.2, -0.15) is 0 Å². The first-order valence-corrected chi connectivity index (χ1v) is 14.3. The summed E-state index contributed by atoms with van der Waals surface area (Å²) in [7, 11) is 0. The highest BCUT2D eigenvalue weighted by Crippen LogP contribution is 2.32. The molecule has 0 radical (unpaired) electrons. The van der Waals surface area contributed by atoms with Crippen LogP contribution in [0.1, 0.15) is 86.6 Å². The Morgan fingerprint density at radius 1 is 0.810 bits per heavy atom. The van der Waals surface area contributed by atoms with Gasteiger partial charge in [-0.15, -0.1) is 0 Å². The van der Waals surface area contributed by atoms with Gasteiger partial charge in [-0.1, -0.05) is 53.5 Å². The molecule has 1 aromatic carbocycles. The third kappa shape index (κ3) is 13.0. The number of nitrogens with two attached hydrogens (primary N) is 1. The number of aliphatic carboxylic acids is 1. The topological polar surface area (TPSA) is 170 Å². The molecular weight excluding hydrogens is 550 g/mol. The third-order valence-electron chi connectivity index (χ3n) is 6.70. The Hall–Kier alpha value is -3.54. The minimum absolute atomic E-state index is 0.0124. The van der Waals surface area contributed by atoms with Gasteiger partial charge in [0.25, 0.3) is 0 Å². The lowest BCUT2D eigenvalue weighted by Crippen LogP contribution is -2.52. The van der Waals surface area contributed by atoms with E-state index >= 15 is 0 Å². The molecule has 0 bridgehead atoms. The number of ether oxygens (including phenoxy) is 6. The Balaban J connectivity index is 3.15. The zero-order chi connectivity index (χ0) is 32.0. The maximum absolute atomic E-state index is 12.5. The quantitative estimate of drug-likeness (QED) is 0.0951. The fraction of sp³-hybridized carbons (Fsp3) is 0.667. The van der Waals surface area contributed by atoms with Crippen molar-refractivity contribution in [2.24, 2.45) is 17.6 Å². The smallest absolute Gasteiger partial charge is 0.480 e. The van der Waals surface area contributed by atoms with E-state index in [1.807, 2.05) is 34.6 Å². The van der Waals surface area contributed by atoms with E-state index in [2.05, 4.69) is 0 Å². The second kappa shape index (κ2) is 17.4. The van der Waals surface area contributed by atoms with E-state index in [4.69, 9.17) is 34.2 Å². The van der Waals surface area contributed by atoms with Crippen molar-refractivity contribution in [3.63, 3.8) is 0 Å². The standard InChI is InChI=1S/C30H47NO11/c1-9-10-11-14-37-27(34)38-20(6)16-30(31,26(32)33)17-23-12-13-24(41-28(35)39-21(7)18(2)3)25(15-23)42-29(36)40-22(8)19(4)5/h12-13,15,18-22H,9-11,14,16-17,31H2,1-8H3,(H,32,33)/t20-,21?,22?,30?/m0/s1.